The van der Waals surface area contributed by atoms with E-state index in [1.807, 2.05) is 30.3 Å². The van der Waals surface area contributed by atoms with Gasteiger partial charge in [-0.3, -0.25) is 0 Å². The lowest BCUT2D eigenvalue weighted by Crippen LogP contribution is -2.25. The van der Waals surface area contributed by atoms with Gasteiger partial charge in [0.2, 0.25) is 0 Å². The molecular formula is C28H53FO4. The van der Waals surface area contributed by atoms with Gasteiger partial charge in [-0.1, -0.05) is 92.9 Å². The number of hydrogen-bond acceptors (Lipinski definition) is 4. The van der Waals surface area contributed by atoms with Crippen LogP contribution >= 0.6 is 0 Å². The van der Waals surface area contributed by atoms with Gasteiger partial charge in [-0.2, -0.15) is 0 Å². The van der Waals surface area contributed by atoms with Crippen LogP contribution < -0.4 is 4.74 Å². The van der Waals surface area contributed by atoms with Gasteiger partial charge in [0.15, 0.2) is 0 Å². The summed E-state index contributed by atoms with van der Waals surface area (Å²) in [5.41, 5.74) is 0. The van der Waals surface area contributed by atoms with Gasteiger partial charge in [-0.05, 0) is 50.7 Å². The Balaban J connectivity index is -0.000000460. The van der Waals surface area contributed by atoms with E-state index in [0.29, 0.717) is 12.7 Å². The monoisotopic (exact) mass is 472 g/mol. The summed E-state index contributed by atoms with van der Waals surface area (Å²) < 4.78 is 26.3. The van der Waals surface area contributed by atoms with Gasteiger partial charge < -0.3 is 14.2 Å². The Kier molecular flexibility index (Phi) is 29.0. The fourth-order valence-corrected chi connectivity index (χ4v) is 1.69. The van der Waals surface area contributed by atoms with Crippen molar-refractivity contribution in [2.45, 2.75) is 114 Å². The second-order valence-corrected chi connectivity index (χ2v) is 8.67. The van der Waals surface area contributed by atoms with Crippen LogP contribution in [0, 0.1) is 11.8 Å². The fourth-order valence-electron chi connectivity index (χ4n) is 1.69. The van der Waals surface area contributed by atoms with Crippen molar-refractivity contribution in [2.75, 3.05) is 13.2 Å². The summed E-state index contributed by atoms with van der Waals surface area (Å²) in [5.74, 6) is 2.70. The van der Waals surface area contributed by atoms with E-state index < -0.39 is 6.22 Å². The Morgan fingerprint density at radius 3 is 1.64 bits per heavy atom. The molecule has 1 rings (SSSR count). The Morgan fingerprint density at radius 1 is 0.848 bits per heavy atom. The highest BCUT2D eigenvalue weighted by Crippen LogP contribution is 2.14. The molecule has 2 unspecified atom stereocenters. The van der Waals surface area contributed by atoms with Gasteiger partial charge in [0.25, 0.3) is 0 Å². The van der Waals surface area contributed by atoms with E-state index >= 15 is 0 Å². The summed E-state index contributed by atoms with van der Waals surface area (Å²) in [6.45, 7) is 22.0. The topological polar surface area (TPSA) is 44.8 Å². The Morgan fingerprint density at radius 2 is 1.33 bits per heavy atom. The molecule has 1 aromatic rings. The van der Waals surface area contributed by atoms with Crippen molar-refractivity contribution in [3.63, 3.8) is 0 Å². The highest BCUT2D eigenvalue weighted by atomic mass is 19.1. The molecule has 0 heterocycles. The van der Waals surface area contributed by atoms with Crippen molar-refractivity contribution in [1.82, 2.24) is 0 Å². The van der Waals surface area contributed by atoms with Crippen molar-refractivity contribution >= 4 is 6.22 Å². The number of hydrogen-bond donors (Lipinski definition) is 0. The molecule has 0 bridgehead atoms. The first-order chi connectivity index (χ1) is 15.6. The number of ether oxygens (including phenoxy) is 3. The first kappa shape index (κ1) is 36.0. The van der Waals surface area contributed by atoms with Gasteiger partial charge in [-0.15, -0.1) is 4.39 Å². The molecule has 0 aliphatic carbocycles. The molecule has 5 heteroatoms. The average Bonchev–Trinajstić information content (AvgIpc) is 2.79. The molecule has 1 aromatic carbocycles. The summed E-state index contributed by atoms with van der Waals surface area (Å²) in [4.78, 5) is 9.15. The van der Waals surface area contributed by atoms with Gasteiger partial charge in [0.1, 0.15) is 11.9 Å². The van der Waals surface area contributed by atoms with Crippen LogP contribution in [0.2, 0.25) is 0 Å². The molecule has 0 saturated carbocycles. The normalized spacial score (nSPS) is 11.7. The Bertz CT molecular complexity index is 498. The third-order valence-electron chi connectivity index (χ3n) is 4.69. The van der Waals surface area contributed by atoms with Crippen LogP contribution in [0.15, 0.2) is 30.3 Å². The number of rotatable bonds is 11. The number of carbonyl (C=O) groups excluding carboxylic acids is 1. The molecule has 0 N–H and O–H groups in total. The largest absolute Gasteiger partial charge is 0.495 e. The zero-order valence-electron chi connectivity index (χ0n) is 23.2. The SMILES string of the molecule is CCC(C)C.CCC(C)C.CCCC(COC(C)CC)Oc1ccccc1.CCOC(=O)F. The lowest BCUT2D eigenvalue weighted by molar-refractivity contribution is 0.00396. The molecule has 0 spiro atoms. The lowest BCUT2D eigenvalue weighted by Gasteiger charge is -2.20. The van der Waals surface area contributed by atoms with Crippen LogP contribution in [0.1, 0.15) is 101 Å². The van der Waals surface area contributed by atoms with Crippen LogP contribution in [-0.2, 0) is 9.47 Å². The molecule has 0 amide bonds. The minimum absolute atomic E-state index is 0.106. The summed E-state index contributed by atoms with van der Waals surface area (Å²) in [7, 11) is 0. The summed E-state index contributed by atoms with van der Waals surface area (Å²) in [6.07, 6.45) is 4.57. The molecule has 4 nitrogen and oxygen atoms in total. The Labute approximate surface area is 204 Å². The molecule has 0 aliphatic heterocycles. The molecule has 0 saturated heterocycles. The number of halogens is 1. The van der Waals surface area contributed by atoms with Crippen LogP contribution in [-0.4, -0.2) is 31.6 Å². The number of carbonyl (C=O) groups is 1. The summed E-state index contributed by atoms with van der Waals surface area (Å²) in [6, 6.07) is 9.97. The zero-order chi connectivity index (χ0) is 26.1. The van der Waals surface area contributed by atoms with Crippen LogP contribution in [0.5, 0.6) is 5.75 Å². The van der Waals surface area contributed by atoms with Gasteiger partial charge in [-0.25, -0.2) is 4.79 Å². The van der Waals surface area contributed by atoms with E-state index in [2.05, 4.69) is 67.1 Å². The molecule has 0 aromatic heterocycles. The summed E-state index contributed by atoms with van der Waals surface area (Å²) >= 11 is 0. The molecule has 196 valence electrons. The molecule has 2 atom stereocenters. The maximum atomic E-state index is 10.8. The van der Waals surface area contributed by atoms with E-state index in [-0.39, 0.29) is 12.7 Å². The fraction of sp³-hybridized carbons (Fsp3) is 0.750. The highest BCUT2D eigenvalue weighted by molar-refractivity contribution is 5.57. The van der Waals surface area contributed by atoms with E-state index in [1.54, 1.807) is 0 Å². The van der Waals surface area contributed by atoms with Crippen molar-refractivity contribution in [1.29, 1.82) is 0 Å². The third kappa shape index (κ3) is 32.6. The second-order valence-electron chi connectivity index (χ2n) is 8.67. The Hall–Kier alpha value is -1.62. The standard InChI is InChI=1S/C15H24O2.2C5H12.C3H5FO2/c1-4-9-15(12-16-13(3)5-2)17-14-10-7-6-8-11-14;2*1-4-5(2)3;1-2-6-3(4)5/h6-8,10-11,13,15H,4-5,9,12H2,1-3H3;2*5H,4H2,1-3H3;2H2,1H3. The van der Waals surface area contributed by atoms with E-state index in [4.69, 9.17) is 14.3 Å². The molecule has 0 radical (unpaired) electrons. The first-order valence-electron chi connectivity index (χ1n) is 12.7. The third-order valence-corrected chi connectivity index (χ3v) is 4.69. The predicted molar refractivity (Wildman–Crippen MR) is 140 cm³/mol. The van der Waals surface area contributed by atoms with Gasteiger partial charge in [0.05, 0.1) is 19.3 Å². The van der Waals surface area contributed by atoms with Crippen molar-refractivity contribution in [3.05, 3.63) is 30.3 Å². The number of para-hydroxylation sites is 1. The minimum atomic E-state index is -1.71. The van der Waals surface area contributed by atoms with Crippen molar-refractivity contribution < 1.29 is 23.4 Å². The molecular weight excluding hydrogens is 419 g/mol. The highest BCUT2D eigenvalue weighted by Gasteiger charge is 2.11. The smallest absolute Gasteiger partial charge is 0.488 e. The second kappa shape index (κ2) is 26.6. The molecule has 33 heavy (non-hydrogen) atoms. The number of benzene rings is 1. The maximum absolute atomic E-state index is 10.8. The molecule has 0 fully saturated rings. The molecule has 0 aliphatic rings. The van der Waals surface area contributed by atoms with Crippen LogP contribution in [0.3, 0.4) is 0 Å². The van der Waals surface area contributed by atoms with Crippen molar-refractivity contribution in [3.8, 4) is 5.75 Å². The average molecular weight is 473 g/mol. The van der Waals surface area contributed by atoms with Crippen LogP contribution in [0.4, 0.5) is 9.18 Å². The lowest BCUT2D eigenvalue weighted by atomic mass is 10.2. The zero-order valence-corrected chi connectivity index (χ0v) is 23.2. The van der Waals surface area contributed by atoms with E-state index in [9.17, 15) is 4.39 Å². The quantitative estimate of drug-likeness (QED) is 0.301. The van der Waals surface area contributed by atoms with E-state index in [0.717, 1.165) is 36.8 Å². The van der Waals surface area contributed by atoms with E-state index in [1.165, 1.54) is 19.8 Å². The van der Waals surface area contributed by atoms with Crippen LogP contribution in [0.25, 0.3) is 0 Å². The minimum Gasteiger partial charge on any atom is -0.488 e. The predicted octanol–water partition coefficient (Wildman–Crippen LogP) is 9.27. The van der Waals surface area contributed by atoms with Crippen molar-refractivity contribution in [2.24, 2.45) is 11.8 Å². The first-order valence-corrected chi connectivity index (χ1v) is 12.7. The van der Waals surface area contributed by atoms with Gasteiger partial charge >= 0.3 is 6.22 Å². The van der Waals surface area contributed by atoms with Gasteiger partial charge in [0, 0.05) is 0 Å². The maximum Gasteiger partial charge on any atom is 0.495 e. The summed E-state index contributed by atoms with van der Waals surface area (Å²) in [5, 5.41) is 0.